The summed E-state index contributed by atoms with van der Waals surface area (Å²) in [4.78, 5) is 125. The maximum atomic E-state index is 13.6. The monoisotopic (exact) mass is 1900 g/mol. The average molecular weight is 1910 g/mol. The number of nitrogens with one attached hydrogen (secondary N) is 10. The minimum absolute atomic E-state index is 0.0413. The maximum Gasteiger partial charge on any atom is 0.408 e. The van der Waals surface area contributed by atoms with E-state index in [1.165, 1.54) is 43.5 Å². The van der Waals surface area contributed by atoms with Crippen LogP contribution in [0.15, 0.2) is 296 Å². The molecule has 6 atom stereocenters. The molecule has 658 valence electrons. The van der Waals surface area contributed by atoms with Gasteiger partial charge < -0.3 is 53.0 Å². The zero-order valence-corrected chi connectivity index (χ0v) is 75.9. The SMILES string of the molecule is CC(=O)NC(C(=O)NC(C(=O)NC(=N)c1ccccc1)c1cccc(Cl)c1)c1ccccc1.CC(C)(C)OC(=O)NC(C(=O)NC(C(=O)NC(=N)c1ccccc1)c1cccc(Cl)c1)c1cccc(Cl)c1.Cc1cc(C(=O)N[C@@H](c2ccc(Cl)c(Cl)c2)c2ccc(Cl)cn2)ccc1C#N.NC(=NC(=O)C(NC(=O)c1cc(Cl)cc(Cl)c1)c1ccc(Cl)cc1)c1ccccc1. The first-order valence-corrected chi connectivity index (χ1v) is 42.3. The second-order valence-electron chi connectivity index (χ2n) is 29.1. The number of alkyl carbamates (subject to hydrolysis) is 1. The van der Waals surface area contributed by atoms with Crippen LogP contribution in [0.1, 0.15) is 152 Å². The Balaban J connectivity index is 0.000000195. The highest BCUT2D eigenvalue weighted by molar-refractivity contribution is 6.42. The predicted molar refractivity (Wildman–Crippen MR) is 505 cm³/mol. The van der Waals surface area contributed by atoms with E-state index in [1.807, 2.05) is 6.07 Å². The minimum Gasteiger partial charge on any atom is -0.444 e. The van der Waals surface area contributed by atoms with Crippen LogP contribution < -0.4 is 48.3 Å². The van der Waals surface area contributed by atoms with E-state index in [-0.39, 0.29) is 29.0 Å². The van der Waals surface area contributed by atoms with Crippen molar-refractivity contribution in [3.63, 3.8) is 0 Å². The molecule has 12 aromatic rings. The van der Waals surface area contributed by atoms with Gasteiger partial charge in [-0.3, -0.25) is 54.2 Å². The van der Waals surface area contributed by atoms with Gasteiger partial charge in [0.15, 0.2) is 0 Å². The molecular weight excluding hydrogens is 1830 g/mol. The van der Waals surface area contributed by atoms with Crippen molar-refractivity contribution in [1.29, 1.82) is 16.1 Å². The van der Waals surface area contributed by atoms with Crippen molar-refractivity contribution in [2.75, 3.05) is 0 Å². The highest BCUT2D eigenvalue weighted by atomic mass is 35.5. The molecule has 0 aliphatic rings. The number of hydrogen-bond acceptors (Lipinski definition) is 14. The number of amidine groups is 3. The molecule has 0 spiro atoms. The van der Waals surface area contributed by atoms with Crippen molar-refractivity contribution in [2.45, 2.75) is 76.5 Å². The standard InChI is InChI=1S/C28H28Cl2N4O4.C25H23ClN4O3.C22H16Cl3N3O2.C21H14Cl3N3O/c1-28(2,3)38-27(37)33-23(19-12-8-14-21(30)16-19)25(35)32-22(18-11-7-13-20(29)15-18)26(36)34-24(31)17-9-5-4-6-10-17;1-16(31)28-21(17-9-4-2-5-10-17)24(32)29-22(19-13-8-14-20(26)15-19)25(33)30-23(27)18-11-6-3-7-12-18;23-16-8-6-13(7-9-16)19(22(30)28-20(26)14-4-2-1-3-5-14)27-21(29)15-10-17(24)12-18(25)11-15;1-12-8-14(2-3-15(12)10-25)21(28)27-20(19-7-5-16(22)11-26-19)13-4-6-17(23)18(24)9-13/h4-16,22-23H,1-3H3,(H,32,35)(H,33,37)(H2,31,34,36);2-15,21-22H,1H3,(H,28,31)(H,29,32)(H2,27,30,33);1-12,19H,(H,27,29)(H2,26,28,30);2-9,11,20H,1H3,(H,27,28)/t;;;20-/m...0/s1. The first-order valence-electron chi connectivity index (χ1n) is 38.9. The van der Waals surface area contributed by atoms with Crippen LogP contribution in [0.4, 0.5) is 4.79 Å². The summed E-state index contributed by atoms with van der Waals surface area (Å²) in [5, 5.41) is 50.3. The zero-order chi connectivity index (χ0) is 93.6. The normalized spacial score (nSPS) is 12.2. The Hall–Kier alpha value is -13.3. The lowest BCUT2D eigenvalue weighted by Gasteiger charge is -2.26. The molecule has 1 aromatic heterocycles. The second kappa shape index (κ2) is 48.0. The topological polar surface area (TPSA) is 382 Å². The largest absolute Gasteiger partial charge is 0.444 e. The lowest BCUT2D eigenvalue weighted by atomic mass is 10.0. The summed E-state index contributed by atoms with van der Waals surface area (Å²) < 4.78 is 5.34. The maximum absolute atomic E-state index is 13.6. The molecule has 5 unspecified atom stereocenters. The van der Waals surface area contributed by atoms with Crippen LogP contribution >= 0.6 is 104 Å². The molecule has 24 nitrogen and oxygen atoms in total. The summed E-state index contributed by atoms with van der Waals surface area (Å²) in [5.74, 6) is -4.66. The van der Waals surface area contributed by atoms with E-state index >= 15 is 0 Å². The van der Waals surface area contributed by atoms with E-state index in [4.69, 9.17) is 131 Å². The molecule has 12 rings (SSSR count). The van der Waals surface area contributed by atoms with Crippen molar-refractivity contribution in [3.8, 4) is 6.07 Å². The number of halogens is 9. The third kappa shape index (κ3) is 30.7. The van der Waals surface area contributed by atoms with E-state index in [1.54, 1.807) is 276 Å². The number of nitrogens with zero attached hydrogens (tertiary/aromatic N) is 3. The molecule has 1 heterocycles. The number of nitriles is 1. The number of amides is 9. The second-order valence-corrected chi connectivity index (χ2v) is 32.9. The third-order valence-electron chi connectivity index (χ3n) is 18.3. The number of hydrogen-bond donors (Lipinski definition) is 11. The zero-order valence-electron chi connectivity index (χ0n) is 69.1. The molecule has 9 amide bonds. The number of pyridine rings is 1. The van der Waals surface area contributed by atoms with Gasteiger partial charge in [-0.15, -0.1) is 0 Å². The van der Waals surface area contributed by atoms with Crippen molar-refractivity contribution >= 4 is 175 Å². The first kappa shape index (κ1) is 99.5. The molecule has 0 radical (unpaired) electrons. The number of nitrogens with two attached hydrogens (primary N) is 1. The molecule has 0 bridgehead atoms. The van der Waals surface area contributed by atoms with Gasteiger partial charge in [0, 0.05) is 71.1 Å². The van der Waals surface area contributed by atoms with Crippen LogP contribution in [0.3, 0.4) is 0 Å². The fourth-order valence-electron chi connectivity index (χ4n) is 12.2. The van der Waals surface area contributed by atoms with Gasteiger partial charge in [-0.2, -0.15) is 10.3 Å². The van der Waals surface area contributed by atoms with Crippen molar-refractivity contribution in [2.24, 2.45) is 10.7 Å². The van der Waals surface area contributed by atoms with Gasteiger partial charge in [-0.05, 0) is 176 Å². The molecule has 0 saturated carbocycles. The van der Waals surface area contributed by atoms with Crippen LogP contribution in [-0.4, -0.2) is 81.4 Å². The predicted octanol–water partition coefficient (Wildman–Crippen LogP) is 19.9. The molecule has 12 N–H and O–H groups in total. The molecular formula is C96H81Cl9N14O10. The van der Waals surface area contributed by atoms with Crippen LogP contribution in [-0.2, 0) is 33.5 Å². The third-order valence-corrected chi connectivity index (χ3v) is 20.6. The Bertz CT molecular complexity index is 6120. The summed E-state index contributed by atoms with van der Waals surface area (Å²) in [7, 11) is 0. The lowest BCUT2D eigenvalue weighted by molar-refractivity contribution is -0.131. The van der Waals surface area contributed by atoms with E-state index in [2.05, 4.69) is 58.6 Å². The number of rotatable bonds is 23. The highest BCUT2D eigenvalue weighted by Crippen LogP contribution is 2.32. The fourth-order valence-corrected chi connectivity index (χ4v) is 13.8. The number of aliphatic imine (C=N–C) groups is 1. The van der Waals surface area contributed by atoms with E-state index in [9.17, 15) is 43.2 Å². The molecule has 0 aliphatic heterocycles. The number of aromatic nitrogens is 1. The molecule has 11 aromatic carbocycles. The summed E-state index contributed by atoms with van der Waals surface area (Å²) >= 11 is 54.5. The molecule has 0 aliphatic carbocycles. The number of ether oxygens (including phenoxy) is 1. The summed E-state index contributed by atoms with van der Waals surface area (Å²) in [6.07, 6.45) is 0.687. The molecule has 33 heteroatoms. The number of carbonyl (C=O) groups is 9. The number of benzene rings is 11. The van der Waals surface area contributed by atoms with Crippen molar-refractivity contribution in [1.82, 2.24) is 47.5 Å². The smallest absolute Gasteiger partial charge is 0.408 e. The highest BCUT2D eigenvalue weighted by Gasteiger charge is 2.34. The van der Waals surface area contributed by atoms with Crippen LogP contribution in [0.25, 0.3) is 0 Å². The molecule has 0 saturated heterocycles. The van der Waals surface area contributed by atoms with Gasteiger partial charge in [0.2, 0.25) is 17.7 Å². The van der Waals surface area contributed by atoms with Gasteiger partial charge >= 0.3 is 6.09 Å². The lowest BCUT2D eigenvalue weighted by Crippen LogP contribution is -2.47. The van der Waals surface area contributed by atoms with Crippen LogP contribution in [0.5, 0.6) is 0 Å². The summed E-state index contributed by atoms with van der Waals surface area (Å²) in [6, 6.07) is 74.4. The van der Waals surface area contributed by atoms with Crippen molar-refractivity contribution < 1.29 is 47.9 Å². The van der Waals surface area contributed by atoms with E-state index in [0.717, 1.165) is 11.1 Å². The fraction of sp³-hybridized carbons (Fsp3) is 0.125. The van der Waals surface area contributed by atoms with Gasteiger partial charge in [0.25, 0.3) is 29.5 Å². The van der Waals surface area contributed by atoms with Gasteiger partial charge in [0.1, 0.15) is 53.3 Å². The van der Waals surface area contributed by atoms with Gasteiger partial charge in [-0.1, -0.05) is 280 Å². The Labute approximate surface area is 788 Å². The number of carbonyl (C=O) groups excluding carboxylic acids is 9. The van der Waals surface area contributed by atoms with Gasteiger partial charge in [0.05, 0.1) is 38.4 Å². The Kier molecular flexibility index (Phi) is 37.0. The summed E-state index contributed by atoms with van der Waals surface area (Å²) in [6.45, 7) is 8.19. The Morgan fingerprint density at radius 2 is 0.829 bits per heavy atom. The van der Waals surface area contributed by atoms with E-state index in [0.29, 0.717) is 107 Å². The quantitative estimate of drug-likeness (QED) is 0.0210. The van der Waals surface area contributed by atoms with Crippen LogP contribution in [0, 0.1) is 29.1 Å². The molecule has 0 fully saturated rings. The minimum atomic E-state index is -1.24. The Morgan fingerprint density at radius 3 is 1.27 bits per heavy atom. The Morgan fingerprint density at radius 1 is 0.395 bits per heavy atom. The van der Waals surface area contributed by atoms with E-state index < -0.39 is 89.3 Å². The first-order chi connectivity index (χ1) is 61.5. The average Bonchev–Trinajstić information content (AvgIpc) is 0.855. The molecule has 129 heavy (non-hydrogen) atoms. The van der Waals surface area contributed by atoms with Crippen LogP contribution in [0.2, 0.25) is 45.2 Å². The summed E-state index contributed by atoms with van der Waals surface area (Å²) in [5.41, 5.74) is 12.2. The number of aryl methyl sites for hydroxylation is 1. The van der Waals surface area contributed by atoms with Crippen molar-refractivity contribution in [3.05, 3.63) is 415 Å². The van der Waals surface area contributed by atoms with Gasteiger partial charge in [-0.25, -0.2) is 4.79 Å².